The summed E-state index contributed by atoms with van der Waals surface area (Å²) in [5, 5.41) is 0. The van der Waals surface area contributed by atoms with Gasteiger partial charge in [-0.25, -0.2) is 0 Å². The number of alkyl halides is 3. The van der Waals surface area contributed by atoms with E-state index in [9.17, 15) is 13.2 Å². The summed E-state index contributed by atoms with van der Waals surface area (Å²) in [7, 11) is 1.96. The second kappa shape index (κ2) is 4.90. The molecule has 0 spiro atoms. The van der Waals surface area contributed by atoms with E-state index in [-0.39, 0.29) is 6.04 Å². The number of nitrogens with zero attached hydrogens (tertiary/aromatic N) is 1. The largest absolute Gasteiger partial charge is 0.416 e. The molecular weight excluding hydrogens is 241 g/mol. The lowest BCUT2D eigenvalue weighted by molar-refractivity contribution is -0.137. The maximum absolute atomic E-state index is 12.6. The first-order valence-corrected chi connectivity index (χ1v) is 6.01. The standard InChI is InChI=1S/C13H17F3N2/c1-18(11-5-6-11)8-12(17)9-3-2-4-10(7-9)13(14,15)16/h2-4,7,11-12H,5-6,8,17H2,1H3. The minimum atomic E-state index is -4.31. The van der Waals surface area contributed by atoms with E-state index in [1.165, 1.54) is 6.07 Å². The van der Waals surface area contributed by atoms with Crippen molar-refractivity contribution in [3.05, 3.63) is 35.4 Å². The molecule has 0 radical (unpaired) electrons. The van der Waals surface area contributed by atoms with Crippen LogP contribution in [0, 0.1) is 0 Å². The highest BCUT2D eigenvalue weighted by atomic mass is 19.4. The van der Waals surface area contributed by atoms with Gasteiger partial charge in [0, 0.05) is 18.6 Å². The van der Waals surface area contributed by atoms with Gasteiger partial charge in [0.2, 0.25) is 0 Å². The molecule has 0 heterocycles. The van der Waals surface area contributed by atoms with E-state index in [1.807, 2.05) is 7.05 Å². The van der Waals surface area contributed by atoms with Crippen LogP contribution in [0.3, 0.4) is 0 Å². The molecule has 1 aromatic carbocycles. The second-order valence-electron chi connectivity index (χ2n) is 4.90. The van der Waals surface area contributed by atoms with E-state index < -0.39 is 11.7 Å². The highest BCUT2D eigenvalue weighted by Gasteiger charge is 2.31. The Hall–Kier alpha value is -1.07. The van der Waals surface area contributed by atoms with Crippen LogP contribution in [0.5, 0.6) is 0 Å². The Morgan fingerprint density at radius 1 is 1.39 bits per heavy atom. The van der Waals surface area contributed by atoms with E-state index >= 15 is 0 Å². The van der Waals surface area contributed by atoms with Crippen molar-refractivity contribution in [2.24, 2.45) is 5.73 Å². The third kappa shape index (κ3) is 3.23. The van der Waals surface area contributed by atoms with Crippen LogP contribution in [0.15, 0.2) is 24.3 Å². The molecule has 0 bridgehead atoms. The second-order valence-corrected chi connectivity index (χ2v) is 4.90. The van der Waals surface area contributed by atoms with Crippen LogP contribution in [0.25, 0.3) is 0 Å². The Kier molecular flexibility index (Phi) is 3.64. The molecule has 1 saturated carbocycles. The first kappa shape index (κ1) is 13.4. The summed E-state index contributed by atoms with van der Waals surface area (Å²) in [6.45, 7) is 0.589. The topological polar surface area (TPSA) is 29.3 Å². The van der Waals surface area contributed by atoms with Crippen molar-refractivity contribution in [3.8, 4) is 0 Å². The van der Waals surface area contributed by atoms with Gasteiger partial charge in [-0.2, -0.15) is 13.2 Å². The van der Waals surface area contributed by atoms with Crippen molar-refractivity contribution in [1.82, 2.24) is 4.90 Å². The van der Waals surface area contributed by atoms with E-state index in [1.54, 1.807) is 6.07 Å². The molecule has 5 heteroatoms. The van der Waals surface area contributed by atoms with Crippen molar-refractivity contribution in [2.75, 3.05) is 13.6 Å². The van der Waals surface area contributed by atoms with Gasteiger partial charge in [0.1, 0.15) is 0 Å². The molecule has 0 aromatic heterocycles. The number of hydrogen-bond donors (Lipinski definition) is 1. The molecule has 0 saturated heterocycles. The Morgan fingerprint density at radius 2 is 2.06 bits per heavy atom. The number of hydrogen-bond acceptors (Lipinski definition) is 2. The first-order chi connectivity index (χ1) is 8.38. The van der Waals surface area contributed by atoms with Crippen molar-refractivity contribution < 1.29 is 13.2 Å². The smallest absolute Gasteiger partial charge is 0.323 e. The minimum absolute atomic E-state index is 0.377. The number of rotatable bonds is 4. The van der Waals surface area contributed by atoms with Crippen LogP contribution in [0.1, 0.15) is 30.0 Å². The predicted octanol–water partition coefficient (Wildman–Crippen LogP) is 2.80. The fourth-order valence-electron chi connectivity index (χ4n) is 2.03. The molecule has 0 aliphatic heterocycles. The molecule has 2 nitrogen and oxygen atoms in total. The molecule has 1 atom stereocenters. The minimum Gasteiger partial charge on any atom is -0.323 e. The lowest BCUT2D eigenvalue weighted by atomic mass is 10.0. The fraction of sp³-hybridized carbons (Fsp3) is 0.538. The lowest BCUT2D eigenvalue weighted by Crippen LogP contribution is -2.30. The average Bonchev–Trinajstić information content (AvgIpc) is 3.11. The number of nitrogens with two attached hydrogens (primary N) is 1. The molecule has 2 N–H and O–H groups in total. The van der Waals surface area contributed by atoms with Crippen LogP contribution in [-0.2, 0) is 6.18 Å². The van der Waals surface area contributed by atoms with E-state index in [2.05, 4.69) is 4.90 Å². The summed E-state index contributed by atoms with van der Waals surface area (Å²) in [6.07, 6.45) is -1.99. The van der Waals surface area contributed by atoms with Gasteiger partial charge in [-0.1, -0.05) is 12.1 Å². The molecular formula is C13H17F3N2. The Labute approximate surface area is 105 Å². The molecule has 18 heavy (non-hydrogen) atoms. The highest BCUT2D eigenvalue weighted by Crippen LogP contribution is 2.31. The zero-order valence-electron chi connectivity index (χ0n) is 10.2. The van der Waals surface area contributed by atoms with Gasteiger partial charge in [0.25, 0.3) is 0 Å². The van der Waals surface area contributed by atoms with Gasteiger partial charge in [0.05, 0.1) is 5.56 Å². The predicted molar refractivity (Wildman–Crippen MR) is 64.0 cm³/mol. The Bertz CT molecular complexity index is 413. The van der Waals surface area contributed by atoms with Crippen LogP contribution in [0.2, 0.25) is 0 Å². The van der Waals surface area contributed by atoms with Gasteiger partial charge in [-0.3, -0.25) is 0 Å². The van der Waals surface area contributed by atoms with Crippen molar-refractivity contribution >= 4 is 0 Å². The lowest BCUT2D eigenvalue weighted by Gasteiger charge is -2.21. The van der Waals surface area contributed by atoms with Crippen LogP contribution in [-0.4, -0.2) is 24.5 Å². The molecule has 1 aromatic rings. The van der Waals surface area contributed by atoms with E-state index in [0.29, 0.717) is 18.2 Å². The molecule has 1 fully saturated rings. The molecule has 1 aliphatic rings. The Morgan fingerprint density at radius 3 is 2.61 bits per heavy atom. The summed E-state index contributed by atoms with van der Waals surface area (Å²) in [5.74, 6) is 0. The summed E-state index contributed by atoms with van der Waals surface area (Å²) in [5.41, 5.74) is 5.87. The normalized spacial score (nSPS) is 18.1. The SMILES string of the molecule is CN(CC(N)c1cccc(C(F)(F)F)c1)C1CC1. The van der Waals surface area contributed by atoms with Crippen molar-refractivity contribution in [1.29, 1.82) is 0 Å². The average molecular weight is 258 g/mol. The Balaban J connectivity index is 2.07. The van der Waals surface area contributed by atoms with E-state index in [4.69, 9.17) is 5.73 Å². The van der Waals surface area contributed by atoms with Crippen LogP contribution in [0.4, 0.5) is 13.2 Å². The zero-order chi connectivity index (χ0) is 13.3. The van der Waals surface area contributed by atoms with Gasteiger partial charge in [-0.05, 0) is 37.6 Å². The summed E-state index contributed by atoms with van der Waals surface area (Å²) < 4.78 is 37.7. The van der Waals surface area contributed by atoms with Gasteiger partial charge >= 0.3 is 6.18 Å². The molecule has 1 unspecified atom stereocenters. The zero-order valence-corrected chi connectivity index (χ0v) is 10.2. The number of benzene rings is 1. The van der Waals surface area contributed by atoms with Gasteiger partial charge in [-0.15, -0.1) is 0 Å². The third-order valence-corrected chi connectivity index (χ3v) is 3.30. The third-order valence-electron chi connectivity index (χ3n) is 3.30. The maximum Gasteiger partial charge on any atom is 0.416 e. The summed E-state index contributed by atoms with van der Waals surface area (Å²) in [6, 6.07) is 5.46. The molecule has 0 amide bonds. The van der Waals surface area contributed by atoms with E-state index in [0.717, 1.165) is 25.0 Å². The summed E-state index contributed by atoms with van der Waals surface area (Å²) in [4.78, 5) is 2.12. The van der Waals surface area contributed by atoms with Crippen molar-refractivity contribution in [2.45, 2.75) is 31.1 Å². The quantitative estimate of drug-likeness (QED) is 0.899. The first-order valence-electron chi connectivity index (χ1n) is 6.01. The maximum atomic E-state index is 12.6. The monoisotopic (exact) mass is 258 g/mol. The number of halogens is 3. The van der Waals surface area contributed by atoms with Gasteiger partial charge < -0.3 is 10.6 Å². The van der Waals surface area contributed by atoms with Crippen molar-refractivity contribution in [3.63, 3.8) is 0 Å². The van der Waals surface area contributed by atoms with Crippen LogP contribution >= 0.6 is 0 Å². The summed E-state index contributed by atoms with van der Waals surface area (Å²) >= 11 is 0. The molecule has 100 valence electrons. The fourth-order valence-corrected chi connectivity index (χ4v) is 2.03. The van der Waals surface area contributed by atoms with Crippen LogP contribution < -0.4 is 5.73 Å². The highest BCUT2D eigenvalue weighted by molar-refractivity contribution is 5.28. The molecule has 1 aliphatic carbocycles. The molecule has 2 rings (SSSR count). The number of likely N-dealkylation sites (N-methyl/N-ethyl adjacent to an activating group) is 1. The van der Waals surface area contributed by atoms with Gasteiger partial charge in [0.15, 0.2) is 0 Å².